The Kier molecular flexibility index (Phi) is 3.25. The van der Waals surface area contributed by atoms with E-state index < -0.39 is 0 Å². The summed E-state index contributed by atoms with van der Waals surface area (Å²) in [7, 11) is 0. The standard InChI is InChI=1S/C16H17NO2.ClH/c1-10-8-14(18)19-16-12-5-3-7-17-6-2-4-11(15(12)17)9-13(10)16;/h8-9H,2-7H2,1H3;1H. The van der Waals surface area contributed by atoms with Crippen LogP contribution in [0, 0.1) is 6.92 Å². The van der Waals surface area contributed by atoms with Crippen LogP contribution >= 0.6 is 12.4 Å². The van der Waals surface area contributed by atoms with Gasteiger partial charge in [0.15, 0.2) is 0 Å². The molecule has 2 aliphatic heterocycles. The lowest BCUT2D eigenvalue weighted by molar-refractivity contribution is 0.548. The third kappa shape index (κ3) is 1.84. The van der Waals surface area contributed by atoms with Gasteiger partial charge >= 0.3 is 5.63 Å². The Bertz CT molecular complexity index is 733. The van der Waals surface area contributed by atoms with E-state index in [2.05, 4.69) is 11.0 Å². The van der Waals surface area contributed by atoms with Crippen LogP contribution < -0.4 is 10.5 Å². The van der Waals surface area contributed by atoms with Crippen LogP contribution in [0.3, 0.4) is 0 Å². The lowest BCUT2D eigenvalue weighted by Gasteiger charge is -2.37. The molecule has 0 saturated carbocycles. The molecule has 1 aromatic heterocycles. The number of fused-ring (bicyclic) bond motifs is 2. The number of hydrogen-bond donors (Lipinski definition) is 0. The van der Waals surface area contributed by atoms with Gasteiger partial charge in [0.25, 0.3) is 0 Å². The van der Waals surface area contributed by atoms with Crippen molar-refractivity contribution in [1.29, 1.82) is 0 Å². The van der Waals surface area contributed by atoms with E-state index in [0.29, 0.717) is 0 Å². The highest BCUT2D eigenvalue weighted by Crippen LogP contribution is 2.40. The van der Waals surface area contributed by atoms with Crippen molar-refractivity contribution in [2.24, 2.45) is 0 Å². The van der Waals surface area contributed by atoms with Gasteiger partial charge in [0.1, 0.15) is 5.58 Å². The van der Waals surface area contributed by atoms with Gasteiger partial charge in [0.2, 0.25) is 0 Å². The summed E-state index contributed by atoms with van der Waals surface area (Å²) in [5.74, 6) is 0. The first-order valence-corrected chi connectivity index (χ1v) is 7.08. The molecule has 2 aromatic rings. The summed E-state index contributed by atoms with van der Waals surface area (Å²) >= 11 is 0. The van der Waals surface area contributed by atoms with Crippen molar-refractivity contribution >= 4 is 29.1 Å². The van der Waals surface area contributed by atoms with Crippen LogP contribution in [0.1, 0.15) is 29.5 Å². The zero-order valence-corrected chi connectivity index (χ0v) is 12.4. The number of hydrogen-bond acceptors (Lipinski definition) is 3. The number of halogens is 1. The second-order valence-corrected chi connectivity index (χ2v) is 5.68. The number of anilines is 1. The highest BCUT2D eigenvalue weighted by molar-refractivity contribution is 5.90. The van der Waals surface area contributed by atoms with Gasteiger partial charge in [-0.05, 0) is 49.8 Å². The van der Waals surface area contributed by atoms with Crippen molar-refractivity contribution in [3.63, 3.8) is 0 Å². The smallest absolute Gasteiger partial charge is 0.336 e. The molecule has 106 valence electrons. The van der Waals surface area contributed by atoms with Crippen LogP contribution in [-0.2, 0) is 12.8 Å². The number of aryl methyl sites for hydroxylation is 3. The Balaban J connectivity index is 0.00000121. The van der Waals surface area contributed by atoms with Crippen molar-refractivity contribution in [3.8, 4) is 0 Å². The molecule has 0 unspecified atom stereocenters. The van der Waals surface area contributed by atoms with Crippen LogP contribution in [0.15, 0.2) is 21.3 Å². The highest BCUT2D eigenvalue weighted by Gasteiger charge is 2.26. The molecule has 0 bridgehead atoms. The Labute approximate surface area is 124 Å². The van der Waals surface area contributed by atoms with E-state index in [0.717, 1.165) is 48.9 Å². The van der Waals surface area contributed by atoms with Crippen LogP contribution in [0.2, 0.25) is 0 Å². The first kappa shape index (κ1) is 13.5. The molecule has 0 aliphatic carbocycles. The summed E-state index contributed by atoms with van der Waals surface area (Å²) in [5, 5.41) is 1.12. The quantitative estimate of drug-likeness (QED) is 0.699. The highest BCUT2D eigenvalue weighted by atomic mass is 35.5. The Hall–Kier alpha value is -1.48. The summed E-state index contributed by atoms with van der Waals surface area (Å²) in [6, 6.07) is 3.84. The zero-order chi connectivity index (χ0) is 13.0. The third-order valence-electron chi connectivity index (χ3n) is 4.43. The first-order chi connectivity index (χ1) is 9.24. The lowest BCUT2D eigenvalue weighted by atomic mass is 9.89. The number of nitrogens with zero attached hydrogens (tertiary/aromatic N) is 1. The first-order valence-electron chi connectivity index (χ1n) is 7.08. The Morgan fingerprint density at radius 1 is 1.15 bits per heavy atom. The molecule has 0 saturated heterocycles. The predicted molar refractivity (Wildman–Crippen MR) is 83.3 cm³/mol. The van der Waals surface area contributed by atoms with Gasteiger partial charge in [-0.2, -0.15) is 0 Å². The van der Waals surface area contributed by atoms with Crippen LogP contribution in [0.4, 0.5) is 5.69 Å². The maximum atomic E-state index is 11.7. The van der Waals surface area contributed by atoms with E-state index in [1.807, 2.05) is 6.92 Å². The molecule has 1 aromatic carbocycles. The molecule has 0 fully saturated rings. The topological polar surface area (TPSA) is 33.5 Å². The zero-order valence-electron chi connectivity index (χ0n) is 11.6. The predicted octanol–water partition coefficient (Wildman–Crippen LogP) is 3.22. The second-order valence-electron chi connectivity index (χ2n) is 5.68. The summed E-state index contributed by atoms with van der Waals surface area (Å²) in [6.07, 6.45) is 4.56. The second kappa shape index (κ2) is 4.81. The maximum absolute atomic E-state index is 11.7. The fourth-order valence-corrected chi connectivity index (χ4v) is 3.63. The summed E-state index contributed by atoms with van der Waals surface area (Å²) in [5.41, 5.74) is 5.70. The summed E-state index contributed by atoms with van der Waals surface area (Å²) in [6.45, 7) is 4.28. The van der Waals surface area contributed by atoms with Crippen molar-refractivity contribution in [1.82, 2.24) is 0 Å². The summed E-state index contributed by atoms with van der Waals surface area (Å²) < 4.78 is 5.53. The van der Waals surface area contributed by atoms with Gasteiger partial charge in [-0.15, -0.1) is 12.4 Å². The van der Waals surface area contributed by atoms with Crippen molar-refractivity contribution in [3.05, 3.63) is 39.2 Å². The van der Waals surface area contributed by atoms with Crippen LogP contribution in [-0.4, -0.2) is 13.1 Å². The largest absolute Gasteiger partial charge is 0.422 e. The van der Waals surface area contributed by atoms with Gasteiger partial charge in [-0.1, -0.05) is 0 Å². The van der Waals surface area contributed by atoms with E-state index >= 15 is 0 Å². The van der Waals surface area contributed by atoms with Crippen LogP contribution in [0.5, 0.6) is 0 Å². The van der Waals surface area contributed by atoms with Gasteiger partial charge in [-0.3, -0.25) is 0 Å². The van der Waals surface area contributed by atoms with Gasteiger partial charge in [0.05, 0.1) is 0 Å². The van der Waals surface area contributed by atoms with Crippen molar-refractivity contribution in [2.45, 2.75) is 32.6 Å². The lowest BCUT2D eigenvalue weighted by Crippen LogP contribution is -2.34. The Morgan fingerprint density at radius 2 is 1.90 bits per heavy atom. The molecule has 0 amide bonds. The fraction of sp³-hybridized carbons (Fsp3) is 0.438. The molecule has 0 N–H and O–H groups in total. The van der Waals surface area contributed by atoms with Gasteiger partial charge < -0.3 is 9.32 Å². The number of benzene rings is 1. The van der Waals surface area contributed by atoms with Crippen molar-refractivity contribution < 1.29 is 4.42 Å². The Morgan fingerprint density at radius 3 is 2.70 bits per heavy atom. The average molecular weight is 292 g/mol. The normalized spacial score (nSPS) is 16.8. The van der Waals surface area contributed by atoms with E-state index in [1.165, 1.54) is 23.2 Å². The molecule has 2 aliphatic rings. The molecule has 20 heavy (non-hydrogen) atoms. The van der Waals surface area contributed by atoms with Gasteiger partial charge in [-0.25, -0.2) is 4.79 Å². The summed E-state index contributed by atoms with van der Waals surface area (Å²) in [4.78, 5) is 14.1. The van der Waals surface area contributed by atoms with E-state index in [4.69, 9.17) is 4.42 Å². The minimum absolute atomic E-state index is 0. The minimum atomic E-state index is -0.228. The molecule has 0 radical (unpaired) electrons. The third-order valence-corrected chi connectivity index (χ3v) is 4.43. The van der Waals surface area contributed by atoms with E-state index in [-0.39, 0.29) is 18.0 Å². The average Bonchev–Trinajstić information content (AvgIpc) is 2.41. The molecular formula is C16H18ClNO2. The molecular weight excluding hydrogens is 274 g/mol. The maximum Gasteiger partial charge on any atom is 0.336 e. The number of rotatable bonds is 0. The molecule has 4 heteroatoms. The fourth-order valence-electron chi connectivity index (χ4n) is 3.63. The van der Waals surface area contributed by atoms with Gasteiger partial charge in [0, 0.05) is 35.8 Å². The SMILES string of the molecule is Cc1cc(=O)oc2c3c4c(cc12)CCCN4CCC3.Cl. The van der Waals surface area contributed by atoms with Crippen LogP contribution in [0.25, 0.3) is 11.0 Å². The minimum Gasteiger partial charge on any atom is -0.422 e. The molecule has 4 rings (SSSR count). The monoisotopic (exact) mass is 291 g/mol. The molecule has 0 atom stereocenters. The van der Waals surface area contributed by atoms with E-state index in [9.17, 15) is 4.79 Å². The molecule has 0 spiro atoms. The van der Waals surface area contributed by atoms with E-state index in [1.54, 1.807) is 6.07 Å². The van der Waals surface area contributed by atoms with Crippen molar-refractivity contribution in [2.75, 3.05) is 18.0 Å². The molecule has 3 nitrogen and oxygen atoms in total. The molecule has 3 heterocycles.